The highest BCUT2D eigenvalue weighted by molar-refractivity contribution is 7.07. The van der Waals surface area contributed by atoms with Crippen LogP contribution in [0.3, 0.4) is 0 Å². The molecular formula is C17H22N4O2S. The first kappa shape index (κ1) is 14.8. The van der Waals surface area contributed by atoms with Crippen LogP contribution in [-0.4, -0.2) is 58.8 Å². The summed E-state index contributed by atoms with van der Waals surface area (Å²) in [6.07, 6.45) is 1.92. The average molecular weight is 346 g/mol. The van der Waals surface area contributed by atoms with E-state index in [2.05, 4.69) is 10.3 Å². The number of carbonyl (C=O) groups is 2. The maximum atomic E-state index is 12.9. The van der Waals surface area contributed by atoms with E-state index in [-0.39, 0.29) is 23.8 Å². The Morgan fingerprint density at radius 2 is 2.12 bits per heavy atom. The molecule has 1 N–H and O–H groups in total. The van der Waals surface area contributed by atoms with Crippen LogP contribution in [0.5, 0.6) is 0 Å². The molecule has 128 valence electrons. The first-order valence-corrected chi connectivity index (χ1v) is 9.83. The number of hydrogen-bond acceptors (Lipinski definition) is 5. The highest BCUT2D eigenvalue weighted by Gasteiger charge is 2.58. The van der Waals surface area contributed by atoms with Gasteiger partial charge in [0.15, 0.2) is 0 Å². The topological polar surface area (TPSA) is 65.5 Å². The predicted octanol–water partition coefficient (Wildman–Crippen LogP) is 0.558. The molecule has 1 aromatic heterocycles. The van der Waals surface area contributed by atoms with Crippen molar-refractivity contribution in [2.24, 2.45) is 23.7 Å². The van der Waals surface area contributed by atoms with Gasteiger partial charge in [0.05, 0.1) is 23.7 Å². The Hall–Kier alpha value is -1.47. The SMILES string of the molecule is O=C(C1[C@H]2CNC[C@@H]12)N1C[C@@H]2CC[C@H](C1)N(Cc1cscn1)C2=O. The lowest BCUT2D eigenvalue weighted by atomic mass is 9.94. The zero-order valence-corrected chi connectivity index (χ0v) is 14.4. The smallest absolute Gasteiger partial charge is 0.228 e. The third-order valence-corrected chi connectivity index (χ3v) is 6.93. The van der Waals surface area contributed by atoms with E-state index in [0.717, 1.165) is 31.6 Å². The van der Waals surface area contributed by atoms with Gasteiger partial charge in [-0.2, -0.15) is 0 Å². The Morgan fingerprint density at radius 1 is 1.29 bits per heavy atom. The van der Waals surface area contributed by atoms with E-state index < -0.39 is 0 Å². The van der Waals surface area contributed by atoms with Crippen molar-refractivity contribution in [2.45, 2.75) is 25.4 Å². The van der Waals surface area contributed by atoms with Gasteiger partial charge < -0.3 is 15.1 Å². The number of rotatable bonds is 3. The summed E-state index contributed by atoms with van der Waals surface area (Å²) in [7, 11) is 0. The van der Waals surface area contributed by atoms with Gasteiger partial charge >= 0.3 is 0 Å². The molecule has 1 saturated carbocycles. The number of nitrogens with one attached hydrogen (secondary N) is 1. The number of aromatic nitrogens is 1. The minimum Gasteiger partial charge on any atom is -0.340 e. The summed E-state index contributed by atoms with van der Waals surface area (Å²) < 4.78 is 0. The molecule has 5 fully saturated rings. The maximum Gasteiger partial charge on any atom is 0.228 e. The minimum absolute atomic E-state index is 0.0250. The molecule has 0 radical (unpaired) electrons. The van der Waals surface area contributed by atoms with Gasteiger partial charge in [0.1, 0.15) is 0 Å². The average Bonchev–Trinajstić information content (AvgIpc) is 2.90. The summed E-state index contributed by atoms with van der Waals surface area (Å²) in [6, 6.07) is 0.151. The number of fused-ring (bicyclic) bond motifs is 5. The Labute approximate surface area is 145 Å². The van der Waals surface area contributed by atoms with Gasteiger partial charge in [-0.05, 0) is 37.8 Å². The van der Waals surface area contributed by atoms with Gasteiger partial charge in [0.2, 0.25) is 11.8 Å². The standard InChI is InChI=1S/C17H22N4O2S/c22-16-10-1-2-12(21(16)6-11-8-24-9-19-11)7-20(5-10)17(23)15-13-3-18-4-14(13)15/h8-10,12-15,18H,1-7H2/t10-,12+,13-,14+,15?/m0/s1. The van der Waals surface area contributed by atoms with Crippen LogP contribution >= 0.6 is 11.3 Å². The summed E-state index contributed by atoms with van der Waals surface area (Å²) in [4.78, 5) is 34.1. The molecule has 2 amide bonds. The van der Waals surface area contributed by atoms with E-state index in [1.807, 2.05) is 20.7 Å². The fraction of sp³-hybridized carbons (Fsp3) is 0.706. The molecule has 1 unspecified atom stereocenters. The van der Waals surface area contributed by atoms with Crippen molar-refractivity contribution in [1.29, 1.82) is 0 Å². The quantitative estimate of drug-likeness (QED) is 0.868. The van der Waals surface area contributed by atoms with E-state index >= 15 is 0 Å². The van der Waals surface area contributed by atoms with E-state index in [9.17, 15) is 9.59 Å². The Bertz CT molecular complexity index is 654. The number of piperidine rings is 2. The van der Waals surface area contributed by atoms with Crippen LogP contribution in [0, 0.1) is 23.7 Å². The lowest BCUT2D eigenvalue weighted by Crippen LogP contribution is -2.47. The minimum atomic E-state index is -0.0250. The van der Waals surface area contributed by atoms with Gasteiger partial charge in [-0.3, -0.25) is 9.59 Å². The van der Waals surface area contributed by atoms with Crippen molar-refractivity contribution in [3.8, 4) is 0 Å². The monoisotopic (exact) mass is 346 g/mol. The molecule has 24 heavy (non-hydrogen) atoms. The molecule has 2 bridgehead atoms. The van der Waals surface area contributed by atoms with Crippen LogP contribution in [0.2, 0.25) is 0 Å². The molecular weight excluding hydrogens is 324 g/mol. The molecule has 5 heterocycles. The number of carbonyl (C=O) groups excluding carboxylic acids is 2. The van der Waals surface area contributed by atoms with Crippen LogP contribution in [0.25, 0.3) is 0 Å². The Balaban J connectivity index is 1.33. The predicted molar refractivity (Wildman–Crippen MR) is 89.1 cm³/mol. The van der Waals surface area contributed by atoms with Crippen LogP contribution in [0.4, 0.5) is 0 Å². The Kier molecular flexibility index (Phi) is 3.42. The lowest BCUT2D eigenvalue weighted by molar-refractivity contribution is -0.140. The molecule has 5 atom stereocenters. The second kappa shape index (κ2) is 5.52. The second-order valence-electron chi connectivity index (χ2n) is 7.63. The third kappa shape index (κ3) is 2.29. The second-order valence-corrected chi connectivity index (χ2v) is 8.35. The highest BCUT2D eigenvalue weighted by Crippen LogP contribution is 2.50. The van der Waals surface area contributed by atoms with E-state index in [4.69, 9.17) is 0 Å². The molecule has 0 spiro atoms. The summed E-state index contributed by atoms with van der Waals surface area (Å²) >= 11 is 1.56. The highest BCUT2D eigenvalue weighted by atomic mass is 32.1. The van der Waals surface area contributed by atoms with Crippen LogP contribution in [-0.2, 0) is 16.1 Å². The van der Waals surface area contributed by atoms with Gasteiger partial charge in [-0.15, -0.1) is 11.3 Å². The van der Waals surface area contributed by atoms with E-state index in [1.54, 1.807) is 11.3 Å². The first-order chi connectivity index (χ1) is 11.7. The zero-order valence-electron chi connectivity index (χ0n) is 13.6. The summed E-state index contributed by atoms with van der Waals surface area (Å²) in [6.45, 7) is 3.87. The number of thiazole rings is 1. The van der Waals surface area contributed by atoms with E-state index in [1.165, 1.54) is 0 Å². The lowest BCUT2D eigenvalue weighted by Gasteiger charge is -2.35. The maximum absolute atomic E-state index is 12.9. The normalized spacial score (nSPS) is 37.5. The number of amides is 2. The van der Waals surface area contributed by atoms with Gasteiger partial charge in [0, 0.05) is 30.4 Å². The van der Waals surface area contributed by atoms with E-state index in [0.29, 0.717) is 37.4 Å². The van der Waals surface area contributed by atoms with Crippen molar-refractivity contribution >= 4 is 23.2 Å². The molecule has 6 rings (SSSR count). The van der Waals surface area contributed by atoms with Crippen molar-refractivity contribution in [3.63, 3.8) is 0 Å². The zero-order chi connectivity index (χ0) is 16.3. The van der Waals surface area contributed by atoms with Crippen molar-refractivity contribution < 1.29 is 9.59 Å². The summed E-state index contributed by atoms with van der Waals surface area (Å²) in [5.74, 6) is 1.79. The molecule has 1 aliphatic carbocycles. The fourth-order valence-electron chi connectivity index (χ4n) is 4.91. The molecule has 0 aromatic carbocycles. The first-order valence-electron chi connectivity index (χ1n) is 8.89. The molecule has 6 nitrogen and oxygen atoms in total. The summed E-state index contributed by atoms with van der Waals surface area (Å²) in [5, 5.41) is 5.36. The molecule has 7 heteroatoms. The van der Waals surface area contributed by atoms with Crippen LogP contribution in [0.15, 0.2) is 10.9 Å². The van der Waals surface area contributed by atoms with Crippen molar-refractivity contribution in [1.82, 2.24) is 20.1 Å². The molecule has 1 aromatic rings. The van der Waals surface area contributed by atoms with Crippen LogP contribution in [0.1, 0.15) is 18.5 Å². The van der Waals surface area contributed by atoms with Crippen molar-refractivity contribution in [2.75, 3.05) is 26.2 Å². The van der Waals surface area contributed by atoms with Crippen molar-refractivity contribution in [3.05, 3.63) is 16.6 Å². The molecule has 5 aliphatic rings. The Morgan fingerprint density at radius 3 is 2.88 bits per heavy atom. The molecule has 4 aliphatic heterocycles. The number of hydrogen-bond donors (Lipinski definition) is 1. The summed E-state index contributed by atoms with van der Waals surface area (Å²) in [5.41, 5.74) is 2.77. The van der Waals surface area contributed by atoms with Gasteiger partial charge in [-0.25, -0.2) is 4.98 Å². The van der Waals surface area contributed by atoms with Crippen LogP contribution < -0.4 is 5.32 Å². The number of nitrogens with zero attached hydrogens (tertiary/aromatic N) is 3. The van der Waals surface area contributed by atoms with Gasteiger partial charge in [0.25, 0.3) is 0 Å². The fourth-order valence-corrected chi connectivity index (χ4v) is 5.46. The molecule has 4 saturated heterocycles. The van der Waals surface area contributed by atoms with Gasteiger partial charge in [-0.1, -0.05) is 0 Å². The third-order valence-electron chi connectivity index (χ3n) is 6.30. The largest absolute Gasteiger partial charge is 0.340 e.